The van der Waals surface area contributed by atoms with Gasteiger partial charge >= 0.3 is 0 Å². The molecule has 5 nitrogen and oxygen atoms in total. The Morgan fingerprint density at radius 2 is 2.04 bits per heavy atom. The molecule has 3 heterocycles. The fourth-order valence-corrected chi connectivity index (χ4v) is 3.83. The van der Waals surface area contributed by atoms with E-state index in [0.29, 0.717) is 5.95 Å². The molecule has 4 rings (SSSR count). The average Bonchev–Trinajstić information content (AvgIpc) is 3.14. The van der Waals surface area contributed by atoms with Crippen molar-refractivity contribution in [1.82, 2.24) is 15.0 Å². The van der Waals surface area contributed by atoms with Gasteiger partial charge in [0.1, 0.15) is 5.82 Å². The summed E-state index contributed by atoms with van der Waals surface area (Å²) in [6.45, 7) is 2.11. The molecule has 1 aromatic carbocycles. The van der Waals surface area contributed by atoms with Gasteiger partial charge in [-0.05, 0) is 31.2 Å². The van der Waals surface area contributed by atoms with Crippen LogP contribution in [-0.4, -0.2) is 29.0 Å². The highest BCUT2D eigenvalue weighted by atomic mass is 32.1. The first-order valence-electron chi connectivity index (χ1n) is 7.35. The molecule has 0 aliphatic rings. The van der Waals surface area contributed by atoms with Crippen LogP contribution in [-0.2, 0) is 0 Å². The minimum atomic E-state index is 0.411. The van der Waals surface area contributed by atoms with Crippen LogP contribution in [0.15, 0.2) is 30.5 Å². The molecule has 0 radical (unpaired) electrons. The second kappa shape index (κ2) is 4.96. The van der Waals surface area contributed by atoms with Gasteiger partial charge in [-0.25, -0.2) is 0 Å². The Labute approximate surface area is 137 Å². The molecule has 0 saturated heterocycles. The Morgan fingerprint density at radius 1 is 1.22 bits per heavy atom. The Morgan fingerprint density at radius 3 is 2.74 bits per heavy atom. The van der Waals surface area contributed by atoms with Crippen LogP contribution < -0.4 is 10.6 Å². The van der Waals surface area contributed by atoms with Crippen molar-refractivity contribution in [2.45, 2.75) is 6.92 Å². The van der Waals surface area contributed by atoms with Gasteiger partial charge < -0.3 is 15.6 Å². The predicted molar refractivity (Wildman–Crippen MR) is 98.2 cm³/mol. The molecule has 23 heavy (non-hydrogen) atoms. The summed E-state index contributed by atoms with van der Waals surface area (Å²) < 4.78 is 0. The summed E-state index contributed by atoms with van der Waals surface area (Å²) in [7, 11) is 3.94. The van der Waals surface area contributed by atoms with E-state index < -0.39 is 0 Å². The van der Waals surface area contributed by atoms with E-state index >= 15 is 0 Å². The molecule has 6 heteroatoms. The fourth-order valence-electron chi connectivity index (χ4n) is 2.95. The number of nitrogen functional groups attached to an aromatic ring is 1. The number of aryl methyl sites for hydroxylation is 1. The second-order valence-corrected chi connectivity index (χ2v) is 7.09. The van der Waals surface area contributed by atoms with E-state index in [-0.39, 0.29) is 0 Å². The Bertz CT molecular complexity index is 1030. The van der Waals surface area contributed by atoms with Crippen LogP contribution in [0, 0.1) is 6.92 Å². The van der Waals surface area contributed by atoms with E-state index in [4.69, 9.17) is 5.73 Å². The lowest BCUT2D eigenvalue weighted by molar-refractivity contribution is 1.07. The molecule has 0 spiro atoms. The number of aromatic nitrogens is 3. The number of aromatic amines is 1. The number of hydrogen-bond donors (Lipinski definition) is 2. The molecule has 0 atom stereocenters. The van der Waals surface area contributed by atoms with Gasteiger partial charge in [-0.1, -0.05) is 0 Å². The topological polar surface area (TPSA) is 70.8 Å². The summed E-state index contributed by atoms with van der Waals surface area (Å²) in [6, 6.07) is 8.45. The molecular formula is C17H17N5S. The molecule has 0 saturated carbocycles. The van der Waals surface area contributed by atoms with Crippen molar-refractivity contribution >= 4 is 44.9 Å². The van der Waals surface area contributed by atoms with Gasteiger partial charge in [0.15, 0.2) is 5.95 Å². The van der Waals surface area contributed by atoms with Gasteiger partial charge in [0.05, 0.1) is 16.4 Å². The van der Waals surface area contributed by atoms with Crippen molar-refractivity contribution in [1.29, 1.82) is 0 Å². The van der Waals surface area contributed by atoms with Crippen LogP contribution >= 0.6 is 11.3 Å². The maximum absolute atomic E-state index is 5.97. The lowest BCUT2D eigenvalue weighted by Crippen LogP contribution is -2.13. The van der Waals surface area contributed by atoms with Crippen LogP contribution in [0.25, 0.3) is 32.2 Å². The first-order valence-corrected chi connectivity index (χ1v) is 8.17. The number of anilines is 2. The third kappa shape index (κ3) is 2.14. The molecule has 3 N–H and O–H groups in total. The van der Waals surface area contributed by atoms with Gasteiger partial charge in [0.25, 0.3) is 0 Å². The minimum Gasteiger partial charge on any atom is -0.369 e. The first-order chi connectivity index (χ1) is 11.0. The van der Waals surface area contributed by atoms with Crippen LogP contribution in [0.5, 0.6) is 0 Å². The monoisotopic (exact) mass is 323 g/mol. The van der Waals surface area contributed by atoms with Gasteiger partial charge in [-0.15, -0.1) is 11.3 Å². The number of nitrogens with zero attached hydrogens (tertiary/aromatic N) is 3. The van der Waals surface area contributed by atoms with Crippen LogP contribution in [0.4, 0.5) is 11.8 Å². The Kier molecular flexibility index (Phi) is 3.02. The van der Waals surface area contributed by atoms with Crippen molar-refractivity contribution in [2.75, 3.05) is 24.7 Å². The number of nitrogens with one attached hydrogen (secondary N) is 1. The van der Waals surface area contributed by atoms with Gasteiger partial charge in [-0.2, -0.15) is 4.98 Å². The lowest BCUT2D eigenvalue weighted by Gasteiger charge is -2.16. The van der Waals surface area contributed by atoms with E-state index in [9.17, 15) is 0 Å². The zero-order valence-corrected chi connectivity index (χ0v) is 14.0. The summed E-state index contributed by atoms with van der Waals surface area (Å²) in [6.07, 6.45) is 1.85. The third-order valence-electron chi connectivity index (χ3n) is 3.92. The zero-order chi connectivity index (χ0) is 16.1. The summed E-state index contributed by atoms with van der Waals surface area (Å²) in [5.41, 5.74) is 9.07. The maximum atomic E-state index is 5.97. The third-order valence-corrected chi connectivity index (χ3v) is 4.96. The van der Waals surface area contributed by atoms with E-state index in [1.54, 1.807) is 11.3 Å². The van der Waals surface area contributed by atoms with Crippen molar-refractivity contribution in [3.8, 4) is 10.4 Å². The first kappa shape index (κ1) is 14.0. The predicted octanol–water partition coefficient (Wildman–Crippen LogP) is 3.80. The number of fused-ring (bicyclic) bond motifs is 3. The van der Waals surface area contributed by atoms with Crippen molar-refractivity contribution in [2.24, 2.45) is 0 Å². The number of H-pyrrole nitrogens is 1. The summed E-state index contributed by atoms with van der Waals surface area (Å²) >= 11 is 1.77. The Balaban J connectivity index is 2.16. The molecule has 3 aromatic heterocycles. The lowest BCUT2D eigenvalue weighted by atomic mass is 10.0. The van der Waals surface area contributed by atoms with E-state index in [1.165, 1.54) is 9.75 Å². The summed E-state index contributed by atoms with van der Waals surface area (Å²) in [5.74, 6) is 1.26. The fraction of sp³-hybridized carbons (Fsp3) is 0.176. The molecule has 0 bridgehead atoms. The van der Waals surface area contributed by atoms with Crippen molar-refractivity contribution in [3.63, 3.8) is 0 Å². The quantitative estimate of drug-likeness (QED) is 0.589. The number of thiophene rings is 1. The summed E-state index contributed by atoms with van der Waals surface area (Å²) in [5, 5.41) is 2.14. The van der Waals surface area contributed by atoms with E-state index in [1.807, 2.05) is 31.3 Å². The van der Waals surface area contributed by atoms with Crippen LogP contribution in [0.3, 0.4) is 0 Å². The normalized spacial score (nSPS) is 11.4. The van der Waals surface area contributed by atoms with E-state index in [0.717, 1.165) is 33.2 Å². The molecule has 4 aromatic rings. The highest BCUT2D eigenvalue weighted by Gasteiger charge is 2.16. The molecule has 0 amide bonds. The van der Waals surface area contributed by atoms with Crippen LogP contribution in [0.1, 0.15) is 4.88 Å². The maximum Gasteiger partial charge on any atom is 0.199 e. The number of hydrogen-bond acceptors (Lipinski definition) is 5. The highest BCUT2D eigenvalue weighted by Crippen LogP contribution is 2.39. The molecule has 0 unspecified atom stereocenters. The van der Waals surface area contributed by atoms with Gasteiger partial charge in [-0.3, -0.25) is 4.98 Å². The van der Waals surface area contributed by atoms with Crippen molar-refractivity contribution in [3.05, 3.63) is 35.3 Å². The SMILES string of the molecule is Cc1ccc(-c2cc3[nH]c(N)nc(N(C)C)c3c3ccnc23)s1. The minimum absolute atomic E-state index is 0.411. The van der Waals surface area contributed by atoms with Crippen LogP contribution in [0.2, 0.25) is 0 Å². The zero-order valence-electron chi connectivity index (χ0n) is 13.2. The van der Waals surface area contributed by atoms with Gasteiger partial charge in [0.2, 0.25) is 0 Å². The molecule has 0 fully saturated rings. The second-order valence-electron chi connectivity index (χ2n) is 5.80. The highest BCUT2D eigenvalue weighted by molar-refractivity contribution is 7.15. The van der Waals surface area contributed by atoms with Crippen molar-refractivity contribution < 1.29 is 0 Å². The molecule has 0 aliphatic heterocycles. The molecule has 116 valence electrons. The Hall–Kier alpha value is -2.60. The standard InChI is InChI=1S/C17H17N5S/c1-9-4-5-13(23-9)11-8-12-14(10-6-7-19-15(10)11)16(22(2)3)21-17(18)20-12/h4-8H,1-3H3,(H3,18,20,21). The van der Waals surface area contributed by atoms with Gasteiger partial charge in [0, 0.05) is 41.0 Å². The van der Waals surface area contributed by atoms with E-state index in [2.05, 4.69) is 40.1 Å². The molecular weight excluding hydrogens is 306 g/mol. The summed E-state index contributed by atoms with van der Waals surface area (Å²) in [4.78, 5) is 16.7. The average molecular weight is 323 g/mol. The number of benzene rings is 1. The smallest absolute Gasteiger partial charge is 0.199 e. The number of nitrogens with two attached hydrogens (primary N) is 1. The largest absolute Gasteiger partial charge is 0.369 e. The number of rotatable bonds is 2. The molecule has 0 aliphatic carbocycles.